The topological polar surface area (TPSA) is 141 Å². The SMILES string of the molecule is Cc1cc(S(=O)(=O)O)c(C)cc1N=Nc1c(C#N)[nH]n(-c2ccccc2C)c1=O. The minimum absolute atomic E-state index is 0.0501. The molecule has 0 aliphatic carbocycles. The molecule has 0 aliphatic rings. The van der Waals surface area contributed by atoms with E-state index in [-0.39, 0.29) is 21.8 Å². The Hall–Kier alpha value is -3.55. The molecule has 0 unspecified atom stereocenters. The molecule has 2 N–H and O–H groups in total. The van der Waals surface area contributed by atoms with Crippen molar-refractivity contribution < 1.29 is 13.0 Å². The fraction of sp³-hybridized carbons (Fsp3) is 0.158. The molecule has 0 aliphatic heterocycles. The van der Waals surface area contributed by atoms with Crippen LogP contribution in [0.5, 0.6) is 0 Å². The molecule has 1 aromatic heterocycles. The molecule has 10 heteroatoms. The van der Waals surface area contributed by atoms with E-state index < -0.39 is 15.7 Å². The highest BCUT2D eigenvalue weighted by Crippen LogP contribution is 2.28. The monoisotopic (exact) mass is 411 g/mol. The van der Waals surface area contributed by atoms with Gasteiger partial charge in [-0.1, -0.05) is 18.2 Å². The molecule has 2 aromatic carbocycles. The maximum Gasteiger partial charge on any atom is 0.300 e. The number of azo groups is 1. The van der Waals surface area contributed by atoms with Crippen LogP contribution in [0.25, 0.3) is 5.69 Å². The summed E-state index contributed by atoms with van der Waals surface area (Å²) in [5.74, 6) is 0. The highest BCUT2D eigenvalue weighted by molar-refractivity contribution is 7.85. The molecule has 1 heterocycles. The van der Waals surface area contributed by atoms with Crippen LogP contribution in [-0.4, -0.2) is 22.8 Å². The normalized spacial score (nSPS) is 11.7. The summed E-state index contributed by atoms with van der Waals surface area (Å²) < 4.78 is 33.3. The quantitative estimate of drug-likeness (QED) is 0.498. The van der Waals surface area contributed by atoms with Gasteiger partial charge >= 0.3 is 0 Å². The lowest BCUT2D eigenvalue weighted by Gasteiger charge is -2.06. The van der Waals surface area contributed by atoms with Crippen molar-refractivity contribution in [2.24, 2.45) is 10.2 Å². The second-order valence-corrected chi connectivity index (χ2v) is 7.84. The fourth-order valence-corrected chi connectivity index (χ4v) is 3.64. The number of nitriles is 1. The Kier molecular flexibility index (Phi) is 5.19. The molecule has 0 fully saturated rings. The zero-order chi connectivity index (χ0) is 21.3. The molecule has 148 valence electrons. The van der Waals surface area contributed by atoms with Crippen molar-refractivity contribution in [3.05, 3.63) is 69.1 Å². The van der Waals surface area contributed by atoms with E-state index in [0.717, 1.165) is 5.56 Å². The van der Waals surface area contributed by atoms with Crippen LogP contribution in [0.1, 0.15) is 22.4 Å². The number of hydrogen-bond acceptors (Lipinski definition) is 6. The van der Waals surface area contributed by atoms with Crippen molar-refractivity contribution in [1.82, 2.24) is 9.78 Å². The van der Waals surface area contributed by atoms with Crippen LogP contribution in [0.15, 0.2) is 56.3 Å². The van der Waals surface area contributed by atoms with Gasteiger partial charge < -0.3 is 0 Å². The van der Waals surface area contributed by atoms with Crippen LogP contribution in [0.2, 0.25) is 0 Å². The average Bonchev–Trinajstić information content (AvgIpc) is 2.97. The summed E-state index contributed by atoms with van der Waals surface area (Å²) in [4.78, 5) is 12.5. The van der Waals surface area contributed by atoms with Gasteiger partial charge in [0.2, 0.25) is 0 Å². The molecule has 0 radical (unpaired) electrons. The summed E-state index contributed by atoms with van der Waals surface area (Å²) in [5, 5.41) is 20.1. The molecule has 0 bridgehead atoms. The van der Waals surface area contributed by atoms with Gasteiger partial charge in [-0.2, -0.15) is 13.7 Å². The van der Waals surface area contributed by atoms with Gasteiger partial charge in [0.25, 0.3) is 15.7 Å². The van der Waals surface area contributed by atoms with E-state index >= 15 is 0 Å². The molecular formula is C19H17N5O4S. The predicted molar refractivity (Wildman–Crippen MR) is 106 cm³/mol. The highest BCUT2D eigenvalue weighted by Gasteiger charge is 2.18. The molecule has 0 spiro atoms. The molecule has 3 rings (SSSR count). The van der Waals surface area contributed by atoms with Crippen molar-refractivity contribution in [2.45, 2.75) is 25.7 Å². The van der Waals surface area contributed by atoms with Crippen LogP contribution in [-0.2, 0) is 10.1 Å². The van der Waals surface area contributed by atoms with Crippen LogP contribution in [0.4, 0.5) is 11.4 Å². The summed E-state index contributed by atoms with van der Waals surface area (Å²) in [5.41, 5.74) is 1.68. The summed E-state index contributed by atoms with van der Waals surface area (Å²) in [6.45, 7) is 4.93. The number of para-hydroxylation sites is 1. The second-order valence-electron chi connectivity index (χ2n) is 6.45. The number of aromatic nitrogens is 2. The van der Waals surface area contributed by atoms with Gasteiger partial charge in [-0.25, -0.2) is 4.68 Å². The van der Waals surface area contributed by atoms with Gasteiger partial charge in [-0.3, -0.25) is 14.4 Å². The molecule has 0 saturated heterocycles. The van der Waals surface area contributed by atoms with Crippen molar-refractivity contribution in [3.8, 4) is 11.8 Å². The third-order valence-corrected chi connectivity index (χ3v) is 5.36. The Morgan fingerprint density at radius 3 is 2.38 bits per heavy atom. The zero-order valence-corrected chi connectivity index (χ0v) is 16.6. The Morgan fingerprint density at radius 1 is 1.07 bits per heavy atom. The minimum Gasteiger partial charge on any atom is -0.282 e. The lowest BCUT2D eigenvalue weighted by atomic mass is 10.1. The van der Waals surface area contributed by atoms with E-state index in [2.05, 4.69) is 15.3 Å². The first kappa shape index (κ1) is 20.2. The minimum atomic E-state index is -4.36. The zero-order valence-electron chi connectivity index (χ0n) is 15.8. The third-order valence-electron chi connectivity index (χ3n) is 4.36. The number of nitrogens with zero attached hydrogens (tertiary/aromatic N) is 4. The number of benzene rings is 2. The van der Waals surface area contributed by atoms with Crippen LogP contribution in [0.3, 0.4) is 0 Å². The molecule has 29 heavy (non-hydrogen) atoms. The first-order valence-corrected chi connectivity index (χ1v) is 9.89. The summed E-state index contributed by atoms with van der Waals surface area (Å²) in [7, 11) is -4.36. The first-order chi connectivity index (χ1) is 13.6. The van der Waals surface area contributed by atoms with Gasteiger partial charge in [0.05, 0.1) is 16.3 Å². The summed E-state index contributed by atoms with van der Waals surface area (Å²) >= 11 is 0. The van der Waals surface area contributed by atoms with Crippen LogP contribution >= 0.6 is 0 Å². The van der Waals surface area contributed by atoms with E-state index in [9.17, 15) is 23.0 Å². The van der Waals surface area contributed by atoms with Crippen molar-refractivity contribution in [2.75, 3.05) is 0 Å². The smallest absolute Gasteiger partial charge is 0.282 e. The predicted octanol–water partition coefficient (Wildman–Crippen LogP) is 3.62. The number of H-pyrrole nitrogens is 1. The first-order valence-electron chi connectivity index (χ1n) is 8.45. The van der Waals surface area contributed by atoms with Crippen LogP contribution < -0.4 is 5.56 Å². The van der Waals surface area contributed by atoms with Crippen LogP contribution in [0, 0.1) is 32.1 Å². The Morgan fingerprint density at radius 2 is 1.76 bits per heavy atom. The third kappa shape index (κ3) is 3.87. The molecule has 0 atom stereocenters. The average molecular weight is 411 g/mol. The number of rotatable bonds is 4. The standard InChI is InChI=1S/C19H17N5O4S/c1-11-6-4-5-7-16(11)24-19(25)18(15(10-20)23-24)22-21-14-8-13(3)17(9-12(14)2)29(26,27)28/h4-9,23H,1-3H3,(H,26,27,28). The van der Waals surface area contributed by atoms with E-state index in [1.165, 1.54) is 23.7 Å². The number of aryl methyl sites for hydroxylation is 3. The van der Waals surface area contributed by atoms with Crippen molar-refractivity contribution >= 4 is 21.5 Å². The maximum atomic E-state index is 12.8. The number of aromatic amines is 1. The molecule has 9 nitrogen and oxygen atoms in total. The Labute approximate surface area is 166 Å². The molecule has 0 amide bonds. The molecular weight excluding hydrogens is 394 g/mol. The maximum absolute atomic E-state index is 12.8. The second kappa shape index (κ2) is 7.46. The van der Waals surface area contributed by atoms with E-state index in [1.54, 1.807) is 19.1 Å². The lowest BCUT2D eigenvalue weighted by molar-refractivity contribution is 0.482. The van der Waals surface area contributed by atoms with Gasteiger partial charge in [-0.15, -0.1) is 10.2 Å². The Balaban J connectivity index is 2.09. The fourth-order valence-electron chi connectivity index (χ4n) is 2.85. The number of hydrogen-bond donors (Lipinski definition) is 2. The van der Waals surface area contributed by atoms with Gasteiger partial charge in [-0.05, 0) is 55.7 Å². The van der Waals surface area contributed by atoms with E-state index in [1.807, 2.05) is 25.1 Å². The van der Waals surface area contributed by atoms with Crippen molar-refractivity contribution in [1.29, 1.82) is 5.26 Å². The van der Waals surface area contributed by atoms with Gasteiger partial charge in [0.15, 0.2) is 11.4 Å². The van der Waals surface area contributed by atoms with E-state index in [0.29, 0.717) is 16.9 Å². The molecule has 0 saturated carbocycles. The van der Waals surface area contributed by atoms with Gasteiger partial charge in [0.1, 0.15) is 6.07 Å². The lowest BCUT2D eigenvalue weighted by Crippen LogP contribution is -2.15. The largest absolute Gasteiger partial charge is 0.300 e. The van der Waals surface area contributed by atoms with Crippen molar-refractivity contribution in [3.63, 3.8) is 0 Å². The summed E-state index contributed by atoms with van der Waals surface area (Å²) in [6.07, 6.45) is 0. The number of nitrogens with one attached hydrogen (secondary N) is 1. The van der Waals surface area contributed by atoms with Gasteiger partial charge in [0, 0.05) is 0 Å². The van der Waals surface area contributed by atoms with E-state index in [4.69, 9.17) is 0 Å². The Bertz CT molecular complexity index is 1340. The summed E-state index contributed by atoms with van der Waals surface area (Å²) in [6, 6.07) is 11.8. The molecule has 3 aromatic rings. The highest BCUT2D eigenvalue weighted by atomic mass is 32.2.